The zero-order chi connectivity index (χ0) is 15.3. The summed E-state index contributed by atoms with van der Waals surface area (Å²) >= 11 is 0. The monoisotopic (exact) mass is 302 g/mol. The largest absolute Gasteiger partial charge is 0.458 e. The maximum absolute atomic E-state index is 12.1. The number of hydrogen-bond donors (Lipinski definition) is 0. The second-order valence-electron chi connectivity index (χ2n) is 6.31. The van der Waals surface area contributed by atoms with E-state index < -0.39 is 6.29 Å². The summed E-state index contributed by atoms with van der Waals surface area (Å²) in [5.74, 6) is -0.622. The molecule has 0 amide bonds. The van der Waals surface area contributed by atoms with Gasteiger partial charge in [0.1, 0.15) is 6.10 Å². The summed E-state index contributed by atoms with van der Waals surface area (Å²) in [6, 6.07) is 0. The molecule has 3 atom stereocenters. The van der Waals surface area contributed by atoms with Crippen LogP contribution in [0.3, 0.4) is 0 Å². The van der Waals surface area contributed by atoms with E-state index in [1.807, 2.05) is 0 Å². The topological polar surface area (TPSA) is 61.8 Å². The van der Waals surface area contributed by atoms with Gasteiger partial charge >= 0.3 is 11.9 Å². The number of fused-ring (bicyclic) bond motifs is 2. The van der Waals surface area contributed by atoms with Gasteiger partial charge in [-0.05, 0) is 44.6 Å². The number of cyclic esters (lactones) is 1. The van der Waals surface area contributed by atoms with Crippen LogP contribution in [-0.2, 0) is 23.8 Å². The van der Waals surface area contributed by atoms with Crippen molar-refractivity contribution < 1.29 is 23.8 Å². The van der Waals surface area contributed by atoms with Crippen LogP contribution < -0.4 is 0 Å². The minimum Gasteiger partial charge on any atom is -0.458 e. The van der Waals surface area contributed by atoms with Gasteiger partial charge in [0.25, 0.3) is 6.29 Å². The summed E-state index contributed by atoms with van der Waals surface area (Å²) in [7, 11) is 0. The van der Waals surface area contributed by atoms with Crippen molar-refractivity contribution in [3.05, 3.63) is 34.6 Å². The van der Waals surface area contributed by atoms with Crippen LogP contribution in [-0.4, -0.2) is 24.3 Å². The van der Waals surface area contributed by atoms with E-state index >= 15 is 0 Å². The average Bonchev–Trinajstić information content (AvgIpc) is 3.10. The van der Waals surface area contributed by atoms with Crippen LogP contribution in [0.2, 0.25) is 0 Å². The zero-order valence-corrected chi connectivity index (χ0v) is 12.5. The fourth-order valence-electron chi connectivity index (χ4n) is 3.79. The summed E-state index contributed by atoms with van der Waals surface area (Å²) in [4.78, 5) is 23.4. The second-order valence-corrected chi connectivity index (χ2v) is 6.31. The molecule has 4 aliphatic rings. The normalized spacial score (nSPS) is 35.2. The standard InChI is InChI=1S/C17H18O5/c1-9-6-14(21-16(9)18)20-8-13-12-7-10-4-2-3-5-11(10)15(12)22-17(13)19/h6,8,12,14-15H,2-5,7H2,1H3. The van der Waals surface area contributed by atoms with Gasteiger partial charge in [0.15, 0.2) is 0 Å². The molecule has 0 aromatic carbocycles. The maximum atomic E-state index is 12.1. The van der Waals surface area contributed by atoms with Crippen LogP contribution in [0.4, 0.5) is 0 Å². The number of carbonyl (C=O) groups is 2. The summed E-state index contributed by atoms with van der Waals surface area (Å²) < 4.78 is 16.0. The Morgan fingerprint density at radius 2 is 2.00 bits per heavy atom. The Labute approximate surface area is 128 Å². The van der Waals surface area contributed by atoms with Gasteiger partial charge in [0, 0.05) is 17.6 Å². The second kappa shape index (κ2) is 5.00. The predicted molar refractivity (Wildman–Crippen MR) is 76.3 cm³/mol. The van der Waals surface area contributed by atoms with Gasteiger partial charge in [-0.15, -0.1) is 0 Å². The maximum Gasteiger partial charge on any atom is 0.338 e. The van der Waals surface area contributed by atoms with Crippen molar-refractivity contribution in [3.8, 4) is 0 Å². The third-order valence-electron chi connectivity index (χ3n) is 4.93. The highest BCUT2D eigenvalue weighted by atomic mass is 16.7. The zero-order valence-electron chi connectivity index (χ0n) is 12.5. The Balaban J connectivity index is 1.50. The van der Waals surface area contributed by atoms with Crippen LogP contribution in [0.1, 0.15) is 39.0 Å². The van der Waals surface area contributed by atoms with Crippen LogP contribution in [0, 0.1) is 5.92 Å². The SMILES string of the molecule is CC1=CC(OC=C2C(=O)OC3C4=C(CCCC4)CC23)OC1=O. The smallest absolute Gasteiger partial charge is 0.338 e. The Hall–Kier alpha value is -2.04. The third-order valence-corrected chi connectivity index (χ3v) is 4.93. The van der Waals surface area contributed by atoms with E-state index in [9.17, 15) is 9.59 Å². The highest BCUT2D eigenvalue weighted by Crippen LogP contribution is 2.48. The summed E-state index contributed by atoms with van der Waals surface area (Å²) in [5.41, 5.74) is 3.88. The average molecular weight is 302 g/mol. The van der Waals surface area contributed by atoms with E-state index in [-0.39, 0.29) is 24.0 Å². The predicted octanol–water partition coefficient (Wildman–Crippen LogP) is 2.53. The minimum absolute atomic E-state index is 0.0674. The molecular formula is C17H18O5. The number of esters is 2. The number of hydrogen-bond acceptors (Lipinski definition) is 5. The first-order chi connectivity index (χ1) is 10.6. The molecule has 5 nitrogen and oxygen atoms in total. The molecule has 1 saturated heterocycles. The van der Waals surface area contributed by atoms with Crippen LogP contribution in [0.5, 0.6) is 0 Å². The quantitative estimate of drug-likeness (QED) is 0.339. The lowest BCUT2D eigenvalue weighted by Gasteiger charge is -2.17. The van der Waals surface area contributed by atoms with Gasteiger partial charge in [0.05, 0.1) is 11.8 Å². The van der Waals surface area contributed by atoms with Crippen molar-refractivity contribution in [3.63, 3.8) is 0 Å². The van der Waals surface area contributed by atoms with Crippen LogP contribution in [0.15, 0.2) is 34.6 Å². The van der Waals surface area contributed by atoms with Gasteiger partial charge in [-0.25, -0.2) is 9.59 Å². The first-order valence-electron chi connectivity index (χ1n) is 7.80. The molecule has 4 rings (SSSR count). The Morgan fingerprint density at radius 1 is 1.18 bits per heavy atom. The van der Waals surface area contributed by atoms with Crippen LogP contribution in [0.25, 0.3) is 0 Å². The molecule has 0 spiro atoms. The molecular weight excluding hydrogens is 284 g/mol. The molecule has 0 saturated carbocycles. The molecule has 0 N–H and O–H groups in total. The molecule has 0 radical (unpaired) electrons. The molecule has 116 valence electrons. The van der Waals surface area contributed by atoms with Gasteiger partial charge < -0.3 is 14.2 Å². The Kier molecular flexibility index (Phi) is 3.10. The number of rotatable bonds is 2. The molecule has 0 bridgehead atoms. The van der Waals surface area contributed by atoms with Crippen molar-refractivity contribution in [2.45, 2.75) is 51.4 Å². The van der Waals surface area contributed by atoms with Gasteiger partial charge in [-0.2, -0.15) is 0 Å². The molecule has 2 heterocycles. The lowest BCUT2D eigenvalue weighted by molar-refractivity contribution is -0.152. The first-order valence-corrected chi connectivity index (χ1v) is 7.80. The van der Waals surface area contributed by atoms with Crippen molar-refractivity contribution in [1.82, 2.24) is 0 Å². The molecule has 22 heavy (non-hydrogen) atoms. The number of allylic oxidation sites excluding steroid dienone is 1. The number of ether oxygens (including phenoxy) is 3. The van der Waals surface area contributed by atoms with Crippen molar-refractivity contribution >= 4 is 11.9 Å². The lowest BCUT2D eigenvalue weighted by Crippen LogP contribution is -2.14. The van der Waals surface area contributed by atoms with Gasteiger partial charge in [-0.3, -0.25) is 0 Å². The third kappa shape index (κ3) is 2.07. The lowest BCUT2D eigenvalue weighted by atomic mass is 9.93. The Morgan fingerprint density at radius 3 is 2.77 bits per heavy atom. The highest BCUT2D eigenvalue weighted by molar-refractivity contribution is 5.92. The first kappa shape index (κ1) is 13.6. The fraction of sp³-hybridized carbons (Fsp3) is 0.529. The Bertz CT molecular complexity index is 639. The molecule has 3 unspecified atom stereocenters. The van der Waals surface area contributed by atoms with E-state index in [0.29, 0.717) is 11.1 Å². The van der Waals surface area contributed by atoms with Gasteiger partial charge in [0.2, 0.25) is 0 Å². The number of carbonyl (C=O) groups excluding carboxylic acids is 2. The van der Waals surface area contributed by atoms with Crippen molar-refractivity contribution in [2.24, 2.45) is 5.92 Å². The van der Waals surface area contributed by atoms with Crippen molar-refractivity contribution in [2.75, 3.05) is 0 Å². The molecule has 0 aromatic rings. The van der Waals surface area contributed by atoms with E-state index in [1.165, 1.54) is 30.2 Å². The summed E-state index contributed by atoms with van der Waals surface area (Å²) in [6.07, 6.45) is 7.66. The molecule has 1 fully saturated rings. The summed E-state index contributed by atoms with van der Waals surface area (Å²) in [5, 5.41) is 0. The molecule has 0 aromatic heterocycles. The minimum atomic E-state index is -0.740. The summed E-state index contributed by atoms with van der Waals surface area (Å²) in [6.45, 7) is 1.67. The van der Waals surface area contributed by atoms with Crippen molar-refractivity contribution in [1.29, 1.82) is 0 Å². The molecule has 5 heteroatoms. The van der Waals surface area contributed by atoms with E-state index in [4.69, 9.17) is 14.2 Å². The van der Waals surface area contributed by atoms with E-state index in [1.54, 1.807) is 13.0 Å². The molecule has 2 aliphatic heterocycles. The molecule has 2 aliphatic carbocycles. The van der Waals surface area contributed by atoms with Gasteiger partial charge in [-0.1, -0.05) is 5.57 Å². The van der Waals surface area contributed by atoms with E-state index in [2.05, 4.69) is 0 Å². The van der Waals surface area contributed by atoms with Crippen LogP contribution >= 0.6 is 0 Å². The van der Waals surface area contributed by atoms with E-state index in [0.717, 1.165) is 19.3 Å². The highest BCUT2D eigenvalue weighted by Gasteiger charge is 2.47. The fourth-order valence-corrected chi connectivity index (χ4v) is 3.79.